The number of para-hydroxylation sites is 1. The Hall–Kier alpha value is -3.72. The molecular weight excluding hydrogens is 470 g/mol. The number of likely N-dealkylation sites (tertiary alicyclic amines) is 1. The number of piperidine rings is 1. The van der Waals surface area contributed by atoms with Gasteiger partial charge in [-0.15, -0.1) is 0 Å². The summed E-state index contributed by atoms with van der Waals surface area (Å²) in [5.74, 6) is -1.68. The van der Waals surface area contributed by atoms with Crippen LogP contribution in [-0.4, -0.2) is 55.1 Å². The van der Waals surface area contributed by atoms with Gasteiger partial charge in [0.05, 0.1) is 22.2 Å². The lowest BCUT2D eigenvalue weighted by molar-refractivity contribution is 0.0697. The number of nitrogens with two attached hydrogens (primary N) is 1. The SMILES string of the molecule is CC1CCCC(C)N1CCCCCn1c(=O)c(-c2cccc(C(=N)N)c2O)nc2ccc(C(=O)O)cc21. The number of nitrogens with one attached hydrogen (secondary N) is 1. The fourth-order valence-corrected chi connectivity index (χ4v) is 5.38. The van der Waals surface area contributed by atoms with Gasteiger partial charge in [-0.05, 0) is 76.4 Å². The number of benzene rings is 2. The van der Waals surface area contributed by atoms with Crippen molar-refractivity contribution in [3.63, 3.8) is 0 Å². The number of phenolic OH excluding ortho intramolecular Hbond substituents is 1. The predicted molar refractivity (Wildman–Crippen MR) is 144 cm³/mol. The van der Waals surface area contributed by atoms with E-state index in [2.05, 4.69) is 23.7 Å². The number of nitrogens with zero attached hydrogens (tertiary/aromatic N) is 3. The second kappa shape index (κ2) is 11.1. The minimum absolute atomic E-state index is 0.0344. The average Bonchev–Trinajstić information content (AvgIpc) is 2.86. The molecule has 1 saturated heterocycles. The molecule has 1 aromatic heterocycles. The molecule has 9 nitrogen and oxygen atoms in total. The van der Waals surface area contributed by atoms with Crippen molar-refractivity contribution in [2.45, 2.75) is 71.0 Å². The Morgan fingerprint density at radius 2 is 1.81 bits per heavy atom. The topological polar surface area (TPSA) is 146 Å². The zero-order chi connectivity index (χ0) is 26.7. The van der Waals surface area contributed by atoms with Crippen LogP contribution < -0.4 is 11.3 Å². The number of hydrogen-bond donors (Lipinski definition) is 4. The maximum absolute atomic E-state index is 13.6. The lowest BCUT2D eigenvalue weighted by atomic mass is 9.97. The number of rotatable bonds is 9. The maximum Gasteiger partial charge on any atom is 0.335 e. The Balaban J connectivity index is 1.64. The van der Waals surface area contributed by atoms with Gasteiger partial charge in [0.25, 0.3) is 5.56 Å². The molecule has 2 aromatic carbocycles. The van der Waals surface area contributed by atoms with Gasteiger partial charge in [0.1, 0.15) is 17.3 Å². The molecule has 37 heavy (non-hydrogen) atoms. The smallest absolute Gasteiger partial charge is 0.335 e. The van der Waals surface area contributed by atoms with Crippen LogP contribution in [0.3, 0.4) is 0 Å². The van der Waals surface area contributed by atoms with Gasteiger partial charge < -0.3 is 20.5 Å². The molecule has 2 heterocycles. The van der Waals surface area contributed by atoms with E-state index in [0.29, 0.717) is 29.7 Å². The Morgan fingerprint density at radius 3 is 2.49 bits per heavy atom. The maximum atomic E-state index is 13.6. The summed E-state index contributed by atoms with van der Waals surface area (Å²) in [6, 6.07) is 10.3. The second-order valence-corrected chi connectivity index (χ2v) is 9.97. The summed E-state index contributed by atoms with van der Waals surface area (Å²) < 4.78 is 1.55. The third-order valence-corrected chi connectivity index (χ3v) is 7.45. The number of hydrogen-bond acceptors (Lipinski definition) is 6. The minimum atomic E-state index is -1.08. The van der Waals surface area contributed by atoms with Crippen LogP contribution in [0.25, 0.3) is 22.3 Å². The number of aromatic carboxylic acids is 1. The highest BCUT2D eigenvalue weighted by atomic mass is 16.4. The summed E-state index contributed by atoms with van der Waals surface area (Å²) in [7, 11) is 0. The molecule has 196 valence electrons. The first kappa shape index (κ1) is 26.3. The lowest BCUT2D eigenvalue weighted by Gasteiger charge is -2.39. The Kier molecular flexibility index (Phi) is 7.92. The highest BCUT2D eigenvalue weighted by Gasteiger charge is 2.24. The third-order valence-electron chi connectivity index (χ3n) is 7.45. The van der Waals surface area contributed by atoms with Crippen molar-refractivity contribution in [3.8, 4) is 17.0 Å². The molecule has 0 radical (unpaired) electrons. The molecule has 5 N–H and O–H groups in total. The number of aromatic hydroxyl groups is 1. The predicted octanol–water partition coefficient (Wildman–Crippen LogP) is 4.18. The van der Waals surface area contributed by atoms with Gasteiger partial charge in [-0.2, -0.15) is 0 Å². The zero-order valence-corrected chi connectivity index (χ0v) is 21.4. The summed E-state index contributed by atoms with van der Waals surface area (Å²) in [4.78, 5) is 32.3. The van der Waals surface area contributed by atoms with Crippen LogP contribution in [0.15, 0.2) is 41.2 Å². The Labute approximate surface area is 216 Å². The van der Waals surface area contributed by atoms with Crippen LogP contribution in [0.4, 0.5) is 0 Å². The van der Waals surface area contributed by atoms with Crippen molar-refractivity contribution in [3.05, 3.63) is 57.9 Å². The molecule has 9 heteroatoms. The van der Waals surface area contributed by atoms with Crippen molar-refractivity contribution < 1.29 is 15.0 Å². The first-order chi connectivity index (χ1) is 17.7. The number of carboxylic acids is 1. The van der Waals surface area contributed by atoms with Crippen molar-refractivity contribution in [1.82, 2.24) is 14.5 Å². The van der Waals surface area contributed by atoms with E-state index < -0.39 is 11.5 Å². The lowest BCUT2D eigenvalue weighted by Crippen LogP contribution is -2.44. The molecule has 1 fully saturated rings. The average molecular weight is 506 g/mol. The number of aryl methyl sites for hydroxylation is 1. The van der Waals surface area contributed by atoms with Crippen LogP contribution in [-0.2, 0) is 6.54 Å². The molecule has 0 saturated carbocycles. The summed E-state index contributed by atoms with van der Waals surface area (Å²) in [6.45, 7) is 5.99. The molecule has 0 bridgehead atoms. The normalized spacial score (nSPS) is 18.2. The molecule has 0 spiro atoms. The molecule has 0 amide bonds. The number of aromatic nitrogens is 2. The van der Waals surface area contributed by atoms with Gasteiger partial charge in [-0.25, -0.2) is 9.78 Å². The molecular formula is C28H35N5O4. The Bertz CT molecular complexity index is 1370. The number of fused-ring (bicyclic) bond motifs is 1. The molecule has 2 unspecified atom stereocenters. The van der Waals surface area contributed by atoms with E-state index in [1.165, 1.54) is 37.5 Å². The van der Waals surface area contributed by atoms with E-state index in [-0.39, 0.29) is 34.0 Å². The van der Waals surface area contributed by atoms with Gasteiger partial charge in [0.15, 0.2) is 0 Å². The molecule has 2 atom stereocenters. The monoisotopic (exact) mass is 505 g/mol. The van der Waals surface area contributed by atoms with Crippen LogP contribution in [0.5, 0.6) is 5.75 Å². The summed E-state index contributed by atoms with van der Waals surface area (Å²) in [6.07, 6.45) is 6.42. The number of amidine groups is 1. The number of carbonyl (C=O) groups is 1. The van der Waals surface area contributed by atoms with E-state index in [0.717, 1.165) is 25.8 Å². The van der Waals surface area contributed by atoms with E-state index in [4.69, 9.17) is 11.1 Å². The van der Waals surface area contributed by atoms with Gasteiger partial charge in [0, 0.05) is 24.2 Å². The van der Waals surface area contributed by atoms with Gasteiger partial charge in [0.2, 0.25) is 0 Å². The largest absolute Gasteiger partial charge is 0.506 e. The zero-order valence-electron chi connectivity index (χ0n) is 21.4. The Morgan fingerprint density at radius 1 is 1.11 bits per heavy atom. The number of nitrogen functional groups attached to an aromatic ring is 1. The number of phenols is 1. The minimum Gasteiger partial charge on any atom is -0.506 e. The molecule has 0 aliphatic carbocycles. The van der Waals surface area contributed by atoms with Crippen LogP contribution >= 0.6 is 0 Å². The fraction of sp³-hybridized carbons (Fsp3) is 0.429. The summed E-state index contributed by atoms with van der Waals surface area (Å²) in [5.41, 5.74) is 6.46. The second-order valence-electron chi connectivity index (χ2n) is 9.97. The standard InChI is InChI=1S/C28H35N5O4/c1-17-8-6-9-18(2)32(17)14-4-3-5-15-33-23-16-19(28(36)37)12-13-22(23)31-24(27(33)35)20-10-7-11-21(25(20)34)26(29)30/h7,10-13,16-18,34H,3-6,8-9,14-15H2,1-2H3,(H3,29,30)(H,36,37). The molecule has 1 aliphatic heterocycles. The van der Waals surface area contributed by atoms with Gasteiger partial charge >= 0.3 is 5.97 Å². The number of unbranched alkanes of at least 4 members (excludes halogenated alkanes) is 2. The molecule has 3 aromatic rings. The third kappa shape index (κ3) is 5.51. The van der Waals surface area contributed by atoms with E-state index in [9.17, 15) is 19.8 Å². The fourth-order valence-electron chi connectivity index (χ4n) is 5.38. The van der Waals surface area contributed by atoms with Gasteiger partial charge in [-0.3, -0.25) is 15.1 Å². The highest BCUT2D eigenvalue weighted by molar-refractivity contribution is 6.00. The first-order valence-electron chi connectivity index (χ1n) is 12.9. The van der Waals surface area contributed by atoms with Crippen molar-refractivity contribution in [2.24, 2.45) is 5.73 Å². The summed E-state index contributed by atoms with van der Waals surface area (Å²) >= 11 is 0. The summed E-state index contributed by atoms with van der Waals surface area (Å²) in [5, 5.41) is 27.9. The van der Waals surface area contributed by atoms with Crippen LogP contribution in [0, 0.1) is 5.41 Å². The highest BCUT2D eigenvalue weighted by Crippen LogP contribution is 2.30. The van der Waals surface area contributed by atoms with Crippen LogP contribution in [0.2, 0.25) is 0 Å². The molecule has 4 rings (SSSR count). The van der Waals surface area contributed by atoms with Crippen molar-refractivity contribution in [2.75, 3.05) is 6.54 Å². The number of carboxylic acid groups (broad SMARTS) is 1. The van der Waals surface area contributed by atoms with Crippen molar-refractivity contribution in [1.29, 1.82) is 5.41 Å². The van der Waals surface area contributed by atoms with E-state index >= 15 is 0 Å². The molecule has 1 aliphatic rings. The quantitative estimate of drug-likeness (QED) is 0.194. The van der Waals surface area contributed by atoms with Crippen LogP contribution in [0.1, 0.15) is 68.3 Å². The van der Waals surface area contributed by atoms with Gasteiger partial charge in [-0.1, -0.05) is 18.9 Å². The van der Waals surface area contributed by atoms with E-state index in [1.54, 1.807) is 22.8 Å². The first-order valence-corrected chi connectivity index (χ1v) is 12.9. The van der Waals surface area contributed by atoms with E-state index in [1.807, 2.05) is 0 Å². The van der Waals surface area contributed by atoms with Crippen molar-refractivity contribution >= 4 is 22.8 Å².